The van der Waals surface area contributed by atoms with Crippen LogP contribution in [-0.2, 0) is 0 Å². The minimum atomic E-state index is 0.436. The second kappa shape index (κ2) is 6.15. The van der Waals surface area contributed by atoms with Crippen molar-refractivity contribution in [2.45, 2.75) is 19.3 Å². The summed E-state index contributed by atoms with van der Waals surface area (Å²) in [6.45, 7) is 3.10. The monoisotopic (exact) mass is 245 g/mol. The zero-order valence-electron chi connectivity index (χ0n) is 10.8. The standard InChI is InChI=1S/C15H19NO2/c1-12(15-4-3-11-18-15)9-10-16-13-5-7-14(17-2)8-6-13/h3-8,11-12,16H,9-10H2,1-2H3/t12-/m0/s1. The van der Waals surface area contributed by atoms with Crippen LogP contribution >= 0.6 is 0 Å². The summed E-state index contributed by atoms with van der Waals surface area (Å²) in [5.74, 6) is 2.36. The number of ether oxygens (including phenoxy) is 1. The molecule has 3 heteroatoms. The fourth-order valence-electron chi connectivity index (χ4n) is 1.86. The summed E-state index contributed by atoms with van der Waals surface area (Å²) in [5.41, 5.74) is 1.11. The molecule has 2 aromatic rings. The molecular formula is C15H19NO2. The van der Waals surface area contributed by atoms with Crippen molar-refractivity contribution in [1.29, 1.82) is 0 Å². The van der Waals surface area contributed by atoms with E-state index in [-0.39, 0.29) is 0 Å². The Labute approximate surface area is 108 Å². The molecule has 0 aliphatic carbocycles. The maximum atomic E-state index is 5.38. The third-order valence-electron chi connectivity index (χ3n) is 3.03. The van der Waals surface area contributed by atoms with Crippen molar-refractivity contribution in [3.05, 3.63) is 48.4 Å². The molecule has 1 atom stereocenters. The minimum absolute atomic E-state index is 0.436. The van der Waals surface area contributed by atoms with Gasteiger partial charge in [0.2, 0.25) is 0 Å². The SMILES string of the molecule is COc1ccc(NCC[C@H](C)c2ccco2)cc1. The molecule has 0 bridgehead atoms. The summed E-state index contributed by atoms with van der Waals surface area (Å²) in [6.07, 6.45) is 2.77. The van der Waals surface area contributed by atoms with E-state index in [1.807, 2.05) is 36.4 Å². The molecule has 1 N–H and O–H groups in total. The molecule has 96 valence electrons. The molecule has 1 aromatic heterocycles. The molecule has 0 saturated heterocycles. The van der Waals surface area contributed by atoms with E-state index in [9.17, 15) is 0 Å². The fourth-order valence-corrected chi connectivity index (χ4v) is 1.86. The first-order valence-corrected chi connectivity index (χ1v) is 6.21. The minimum Gasteiger partial charge on any atom is -0.497 e. The summed E-state index contributed by atoms with van der Waals surface area (Å²) >= 11 is 0. The van der Waals surface area contributed by atoms with Crippen molar-refractivity contribution >= 4 is 5.69 Å². The van der Waals surface area contributed by atoms with E-state index in [1.165, 1.54) is 0 Å². The maximum Gasteiger partial charge on any atom is 0.119 e. The first kappa shape index (κ1) is 12.6. The zero-order chi connectivity index (χ0) is 12.8. The predicted octanol–water partition coefficient (Wildman–Crippen LogP) is 3.89. The number of rotatable bonds is 6. The lowest BCUT2D eigenvalue weighted by Gasteiger charge is -2.10. The molecular weight excluding hydrogens is 226 g/mol. The summed E-state index contributed by atoms with van der Waals surface area (Å²) in [4.78, 5) is 0. The molecule has 0 amide bonds. The fraction of sp³-hybridized carbons (Fsp3) is 0.333. The van der Waals surface area contributed by atoms with Crippen LogP contribution in [0.1, 0.15) is 25.0 Å². The molecule has 0 aliphatic rings. The average Bonchev–Trinajstić information content (AvgIpc) is 2.93. The van der Waals surface area contributed by atoms with Gasteiger partial charge in [-0.2, -0.15) is 0 Å². The summed E-state index contributed by atoms with van der Waals surface area (Å²) in [6, 6.07) is 11.9. The number of methoxy groups -OCH3 is 1. The molecule has 1 heterocycles. The van der Waals surface area contributed by atoms with E-state index >= 15 is 0 Å². The van der Waals surface area contributed by atoms with E-state index in [4.69, 9.17) is 9.15 Å². The van der Waals surface area contributed by atoms with Gasteiger partial charge < -0.3 is 14.5 Å². The van der Waals surface area contributed by atoms with Gasteiger partial charge in [0.05, 0.1) is 13.4 Å². The van der Waals surface area contributed by atoms with Gasteiger partial charge in [0.15, 0.2) is 0 Å². The number of hydrogen-bond donors (Lipinski definition) is 1. The second-order valence-electron chi connectivity index (χ2n) is 4.36. The van der Waals surface area contributed by atoms with E-state index in [0.29, 0.717) is 5.92 Å². The Kier molecular flexibility index (Phi) is 4.29. The predicted molar refractivity (Wildman–Crippen MR) is 73.2 cm³/mol. The second-order valence-corrected chi connectivity index (χ2v) is 4.36. The highest BCUT2D eigenvalue weighted by Crippen LogP contribution is 2.20. The molecule has 3 nitrogen and oxygen atoms in total. The third-order valence-corrected chi connectivity index (χ3v) is 3.03. The van der Waals surface area contributed by atoms with Crippen LogP contribution < -0.4 is 10.1 Å². The number of furan rings is 1. The van der Waals surface area contributed by atoms with Crippen LogP contribution in [0.5, 0.6) is 5.75 Å². The van der Waals surface area contributed by atoms with E-state index in [0.717, 1.165) is 30.2 Å². The Hall–Kier alpha value is -1.90. The van der Waals surface area contributed by atoms with Gasteiger partial charge in [-0.3, -0.25) is 0 Å². The molecule has 0 spiro atoms. The third kappa shape index (κ3) is 3.29. The van der Waals surface area contributed by atoms with Crippen LogP contribution in [0.3, 0.4) is 0 Å². The first-order valence-electron chi connectivity index (χ1n) is 6.21. The van der Waals surface area contributed by atoms with Crippen molar-refractivity contribution in [3.63, 3.8) is 0 Å². The molecule has 0 radical (unpaired) electrons. The lowest BCUT2D eigenvalue weighted by molar-refractivity contribution is 0.415. The summed E-state index contributed by atoms with van der Waals surface area (Å²) in [5, 5.41) is 3.39. The molecule has 1 aromatic carbocycles. The first-order chi connectivity index (χ1) is 8.79. The Morgan fingerprint density at radius 1 is 1.22 bits per heavy atom. The Balaban J connectivity index is 1.77. The lowest BCUT2D eigenvalue weighted by atomic mass is 10.1. The molecule has 2 rings (SSSR count). The number of hydrogen-bond acceptors (Lipinski definition) is 3. The van der Waals surface area contributed by atoms with Gasteiger partial charge in [-0.1, -0.05) is 6.92 Å². The van der Waals surface area contributed by atoms with Gasteiger partial charge in [0.25, 0.3) is 0 Å². The average molecular weight is 245 g/mol. The molecule has 0 saturated carbocycles. The molecule has 0 fully saturated rings. The Morgan fingerprint density at radius 3 is 2.61 bits per heavy atom. The van der Waals surface area contributed by atoms with Crippen LogP contribution in [0.4, 0.5) is 5.69 Å². The smallest absolute Gasteiger partial charge is 0.119 e. The molecule has 0 unspecified atom stereocenters. The van der Waals surface area contributed by atoms with Gasteiger partial charge in [0, 0.05) is 18.2 Å². The Bertz CT molecular complexity index is 448. The lowest BCUT2D eigenvalue weighted by Crippen LogP contribution is -2.05. The summed E-state index contributed by atoms with van der Waals surface area (Å²) < 4.78 is 10.5. The maximum absolute atomic E-state index is 5.38. The number of nitrogens with one attached hydrogen (secondary N) is 1. The van der Waals surface area contributed by atoms with E-state index in [1.54, 1.807) is 13.4 Å². The van der Waals surface area contributed by atoms with Crippen LogP contribution in [0, 0.1) is 0 Å². The Morgan fingerprint density at radius 2 is 2.00 bits per heavy atom. The molecule has 0 aliphatic heterocycles. The quantitative estimate of drug-likeness (QED) is 0.838. The van der Waals surface area contributed by atoms with Gasteiger partial charge in [-0.25, -0.2) is 0 Å². The van der Waals surface area contributed by atoms with Crippen molar-refractivity contribution in [2.75, 3.05) is 19.0 Å². The highest BCUT2D eigenvalue weighted by molar-refractivity contribution is 5.46. The zero-order valence-corrected chi connectivity index (χ0v) is 10.8. The van der Waals surface area contributed by atoms with Gasteiger partial charge in [0.1, 0.15) is 11.5 Å². The topological polar surface area (TPSA) is 34.4 Å². The van der Waals surface area contributed by atoms with Crippen molar-refractivity contribution < 1.29 is 9.15 Å². The van der Waals surface area contributed by atoms with Crippen LogP contribution in [0.15, 0.2) is 47.1 Å². The largest absolute Gasteiger partial charge is 0.497 e. The number of anilines is 1. The van der Waals surface area contributed by atoms with Crippen molar-refractivity contribution in [1.82, 2.24) is 0 Å². The van der Waals surface area contributed by atoms with Gasteiger partial charge >= 0.3 is 0 Å². The van der Waals surface area contributed by atoms with Gasteiger partial charge in [-0.05, 0) is 42.8 Å². The van der Waals surface area contributed by atoms with Crippen molar-refractivity contribution in [3.8, 4) is 5.75 Å². The van der Waals surface area contributed by atoms with E-state index < -0.39 is 0 Å². The summed E-state index contributed by atoms with van der Waals surface area (Å²) in [7, 11) is 1.67. The number of benzene rings is 1. The molecule has 18 heavy (non-hydrogen) atoms. The van der Waals surface area contributed by atoms with Crippen LogP contribution in [0.25, 0.3) is 0 Å². The van der Waals surface area contributed by atoms with Crippen LogP contribution in [-0.4, -0.2) is 13.7 Å². The van der Waals surface area contributed by atoms with Crippen molar-refractivity contribution in [2.24, 2.45) is 0 Å². The van der Waals surface area contributed by atoms with E-state index in [2.05, 4.69) is 12.2 Å². The highest BCUT2D eigenvalue weighted by Gasteiger charge is 2.07. The van der Waals surface area contributed by atoms with Crippen LogP contribution in [0.2, 0.25) is 0 Å². The van der Waals surface area contributed by atoms with Gasteiger partial charge in [-0.15, -0.1) is 0 Å². The normalized spacial score (nSPS) is 12.1. The highest BCUT2D eigenvalue weighted by atomic mass is 16.5.